The Hall–Kier alpha value is -0.480. The predicted octanol–water partition coefficient (Wildman–Crippen LogP) is -2.03. The Morgan fingerprint density at radius 3 is 1.78 bits per heavy atom. The molecule has 1 heterocycles. The van der Waals surface area contributed by atoms with Crippen LogP contribution in [0.3, 0.4) is 0 Å². The van der Waals surface area contributed by atoms with Gasteiger partial charge >= 0.3 is 0 Å². The van der Waals surface area contributed by atoms with Crippen LogP contribution >= 0.6 is 0 Å². The number of aliphatic hydroxyl groups is 2. The summed E-state index contributed by atoms with van der Waals surface area (Å²) in [7, 11) is 0. The molecule has 0 aromatic heterocycles. The van der Waals surface area contributed by atoms with Crippen molar-refractivity contribution in [3.8, 4) is 0 Å². The van der Waals surface area contributed by atoms with Gasteiger partial charge < -0.3 is 63.6 Å². The molecule has 2 rings (SSSR count). The fourth-order valence-electron chi connectivity index (χ4n) is 4.89. The first-order valence-corrected chi connectivity index (χ1v) is 13.6. The minimum atomic E-state index is -1.05. The smallest absolute Gasteiger partial charge is 0.176 e. The van der Waals surface area contributed by atoms with Gasteiger partial charge in [0.2, 0.25) is 0 Å². The summed E-state index contributed by atoms with van der Waals surface area (Å²) < 4.78 is 24.2. The van der Waals surface area contributed by atoms with E-state index < -0.39 is 61.0 Å². The first-order chi connectivity index (χ1) is 17.3. The molecule has 0 amide bonds. The Morgan fingerprint density at radius 2 is 1.22 bits per heavy atom. The zero-order chi connectivity index (χ0) is 26.5. The van der Waals surface area contributed by atoms with Gasteiger partial charge in [0.25, 0.3) is 0 Å². The Kier molecular flexibility index (Phi) is 15.1. The quantitative estimate of drug-likeness (QED) is 0.0970. The maximum absolute atomic E-state index is 10.9. The highest BCUT2D eigenvalue weighted by Crippen LogP contribution is 2.29. The zero-order valence-corrected chi connectivity index (χ0v) is 21.7. The molecule has 12 nitrogen and oxygen atoms in total. The molecular weight excluding hydrogens is 468 g/mol. The van der Waals surface area contributed by atoms with Gasteiger partial charge in [-0.3, -0.25) is 0 Å². The highest BCUT2D eigenvalue weighted by Gasteiger charge is 2.49. The average Bonchev–Trinajstić information content (AvgIpc) is 2.86. The topological polar surface area (TPSA) is 234 Å². The monoisotopic (exact) mass is 520 g/mol. The Labute approximate surface area is 215 Å². The lowest BCUT2D eigenvalue weighted by Crippen LogP contribution is -2.68. The number of hydrogen-bond acceptors (Lipinski definition) is 12. The molecule has 214 valence electrons. The summed E-state index contributed by atoms with van der Waals surface area (Å²) in [6, 6.07) is -1.93. The maximum Gasteiger partial charge on any atom is 0.176 e. The van der Waals surface area contributed by atoms with Crippen LogP contribution in [0.15, 0.2) is 0 Å². The van der Waals surface area contributed by atoms with Crippen LogP contribution in [0.1, 0.15) is 57.8 Å². The predicted molar refractivity (Wildman–Crippen MR) is 138 cm³/mol. The first kappa shape index (κ1) is 31.7. The highest BCUT2D eigenvalue weighted by molar-refractivity contribution is 5.00. The summed E-state index contributed by atoms with van der Waals surface area (Å²) in [6.07, 6.45) is 2.24. The van der Waals surface area contributed by atoms with Gasteiger partial charge in [0.15, 0.2) is 6.29 Å². The molecule has 0 bridgehead atoms. The SMILES string of the molecule is NCCCCCCOC1C(O)C(N)CC(N)C1O[C@H]1O[C@H](CN)[C@@H](OCCCCCCN)[C@H](O)[C@H]1N. The molecule has 2 fully saturated rings. The Bertz CT molecular complexity index is 579. The summed E-state index contributed by atoms with van der Waals surface area (Å²) in [6.45, 7) is 2.35. The number of rotatable bonds is 17. The van der Waals surface area contributed by atoms with E-state index in [1.54, 1.807) is 0 Å². The van der Waals surface area contributed by atoms with Gasteiger partial charge in [0, 0.05) is 31.8 Å². The van der Waals surface area contributed by atoms with Crippen LogP contribution in [0.4, 0.5) is 0 Å². The number of nitrogens with two attached hydrogens (primary N) is 6. The van der Waals surface area contributed by atoms with Crippen molar-refractivity contribution in [3.63, 3.8) is 0 Å². The normalized spacial score (nSPS) is 37.3. The van der Waals surface area contributed by atoms with Crippen molar-refractivity contribution in [2.45, 2.75) is 119 Å². The van der Waals surface area contributed by atoms with Crippen molar-refractivity contribution >= 4 is 0 Å². The Morgan fingerprint density at radius 1 is 0.667 bits per heavy atom. The van der Waals surface area contributed by atoms with E-state index in [-0.39, 0.29) is 6.54 Å². The average molecular weight is 521 g/mol. The molecule has 1 saturated heterocycles. The lowest BCUT2D eigenvalue weighted by Gasteiger charge is -2.47. The number of aliphatic hydroxyl groups excluding tert-OH is 2. The van der Waals surface area contributed by atoms with Gasteiger partial charge in [0.05, 0.1) is 12.1 Å². The summed E-state index contributed by atoms with van der Waals surface area (Å²) >= 11 is 0. The maximum atomic E-state index is 10.9. The van der Waals surface area contributed by atoms with Crippen LogP contribution in [0.25, 0.3) is 0 Å². The van der Waals surface area contributed by atoms with E-state index in [1.165, 1.54) is 0 Å². The molecule has 0 radical (unpaired) electrons. The number of ether oxygens (including phenoxy) is 4. The fraction of sp³-hybridized carbons (Fsp3) is 1.00. The van der Waals surface area contributed by atoms with Gasteiger partial charge in [-0.2, -0.15) is 0 Å². The molecule has 0 aromatic rings. The molecular formula is C24H52N6O6. The van der Waals surface area contributed by atoms with Gasteiger partial charge in [-0.25, -0.2) is 0 Å². The second-order valence-corrected chi connectivity index (χ2v) is 10.1. The molecule has 1 aliphatic heterocycles. The van der Waals surface area contributed by atoms with Crippen LogP contribution in [-0.2, 0) is 18.9 Å². The van der Waals surface area contributed by atoms with Gasteiger partial charge in [-0.1, -0.05) is 25.7 Å². The van der Waals surface area contributed by atoms with Crippen molar-refractivity contribution in [1.29, 1.82) is 0 Å². The second-order valence-electron chi connectivity index (χ2n) is 10.1. The second kappa shape index (κ2) is 17.2. The molecule has 0 spiro atoms. The van der Waals surface area contributed by atoms with Crippen LogP contribution in [0.5, 0.6) is 0 Å². The molecule has 1 saturated carbocycles. The van der Waals surface area contributed by atoms with E-state index in [1.807, 2.05) is 0 Å². The van der Waals surface area contributed by atoms with E-state index in [0.717, 1.165) is 51.4 Å². The molecule has 14 N–H and O–H groups in total. The minimum absolute atomic E-state index is 0.119. The summed E-state index contributed by atoms with van der Waals surface area (Å²) in [5.74, 6) is 0. The first-order valence-electron chi connectivity index (χ1n) is 13.6. The lowest BCUT2D eigenvalue weighted by molar-refractivity contribution is -0.296. The summed E-state index contributed by atoms with van der Waals surface area (Å²) in [5, 5.41) is 21.7. The van der Waals surface area contributed by atoms with E-state index in [4.69, 9.17) is 53.3 Å². The highest BCUT2D eigenvalue weighted by atomic mass is 16.7. The van der Waals surface area contributed by atoms with Crippen molar-refractivity contribution in [2.75, 3.05) is 32.8 Å². The molecule has 12 heteroatoms. The van der Waals surface area contributed by atoms with Crippen molar-refractivity contribution in [3.05, 3.63) is 0 Å². The van der Waals surface area contributed by atoms with E-state index in [2.05, 4.69) is 0 Å². The molecule has 36 heavy (non-hydrogen) atoms. The molecule has 5 unspecified atom stereocenters. The third-order valence-electron chi connectivity index (χ3n) is 7.13. The van der Waals surface area contributed by atoms with Crippen LogP contribution < -0.4 is 34.4 Å². The van der Waals surface area contributed by atoms with Gasteiger partial charge in [-0.05, 0) is 45.2 Å². The van der Waals surface area contributed by atoms with Crippen molar-refractivity contribution in [1.82, 2.24) is 0 Å². The van der Waals surface area contributed by atoms with Crippen LogP contribution in [0.2, 0.25) is 0 Å². The van der Waals surface area contributed by atoms with Gasteiger partial charge in [-0.15, -0.1) is 0 Å². The Balaban J connectivity index is 1.96. The third-order valence-corrected chi connectivity index (χ3v) is 7.13. The van der Waals surface area contributed by atoms with Gasteiger partial charge in [0.1, 0.15) is 30.5 Å². The van der Waals surface area contributed by atoms with Crippen molar-refractivity contribution < 1.29 is 29.2 Å². The van der Waals surface area contributed by atoms with E-state index >= 15 is 0 Å². The zero-order valence-electron chi connectivity index (χ0n) is 21.7. The molecule has 2 aliphatic rings. The summed E-state index contributed by atoms with van der Waals surface area (Å²) in [4.78, 5) is 0. The standard InChI is InChI=1S/C24H52N6O6/c25-9-5-1-3-7-11-33-22-17(14-27)35-24(18(30)20(22)32)36-21-16(29)13-15(28)19(31)23(21)34-12-8-4-2-6-10-26/h15-24,31-32H,1-14,25-30H2/t15?,16?,17-,18-,19?,20-,21?,22-,23?,24-/m1/s1. The van der Waals surface area contributed by atoms with E-state index in [0.29, 0.717) is 32.7 Å². The van der Waals surface area contributed by atoms with Crippen LogP contribution in [0, 0.1) is 0 Å². The number of hydrogen-bond donors (Lipinski definition) is 8. The summed E-state index contributed by atoms with van der Waals surface area (Å²) in [5.41, 5.74) is 35.8. The van der Waals surface area contributed by atoms with E-state index in [9.17, 15) is 10.2 Å². The molecule has 0 aromatic carbocycles. The third kappa shape index (κ3) is 9.37. The minimum Gasteiger partial charge on any atom is -0.389 e. The fourth-order valence-corrected chi connectivity index (χ4v) is 4.89. The number of unbranched alkanes of at least 4 members (excludes halogenated alkanes) is 6. The molecule has 10 atom stereocenters. The largest absolute Gasteiger partial charge is 0.389 e. The molecule has 1 aliphatic carbocycles. The lowest BCUT2D eigenvalue weighted by atomic mass is 9.84. The van der Waals surface area contributed by atoms with Crippen LogP contribution in [-0.4, -0.2) is 104 Å². The van der Waals surface area contributed by atoms with Crippen molar-refractivity contribution in [2.24, 2.45) is 34.4 Å².